The van der Waals surface area contributed by atoms with Crippen molar-refractivity contribution in [1.82, 2.24) is 4.90 Å². The van der Waals surface area contributed by atoms with E-state index in [1.807, 2.05) is 0 Å². The molecule has 2 nitrogen and oxygen atoms in total. The highest BCUT2D eigenvalue weighted by Crippen LogP contribution is 2.22. The molecule has 0 aromatic heterocycles. The highest BCUT2D eigenvalue weighted by atomic mass is 16.3. The van der Waals surface area contributed by atoms with Gasteiger partial charge in [-0.1, -0.05) is 6.42 Å². The van der Waals surface area contributed by atoms with Gasteiger partial charge in [-0.25, -0.2) is 0 Å². The summed E-state index contributed by atoms with van der Waals surface area (Å²) in [5.41, 5.74) is 0. The Bertz CT molecular complexity index is 117. The van der Waals surface area contributed by atoms with E-state index in [0.717, 1.165) is 25.0 Å². The molecule has 1 rings (SSSR count). The van der Waals surface area contributed by atoms with Crippen molar-refractivity contribution < 1.29 is 5.11 Å². The van der Waals surface area contributed by atoms with Gasteiger partial charge in [0.1, 0.15) is 0 Å². The minimum atomic E-state index is 0.329. The largest absolute Gasteiger partial charge is 0.396 e. The first-order valence-corrected chi connectivity index (χ1v) is 5.12. The topological polar surface area (TPSA) is 23.5 Å². The quantitative estimate of drug-likeness (QED) is 0.697. The van der Waals surface area contributed by atoms with Crippen molar-refractivity contribution in [1.29, 1.82) is 0 Å². The molecule has 0 spiro atoms. The van der Waals surface area contributed by atoms with Crippen LogP contribution in [0.15, 0.2) is 0 Å². The molecule has 0 aromatic carbocycles. The molecular weight excluding hydrogens is 150 g/mol. The van der Waals surface area contributed by atoms with Crippen molar-refractivity contribution >= 4 is 0 Å². The molecule has 0 amide bonds. The highest BCUT2D eigenvalue weighted by Gasteiger charge is 2.23. The van der Waals surface area contributed by atoms with E-state index in [1.165, 1.54) is 19.3 Å². The minimum Gasteiger partial charge on any atom is -0.396 e. The van der Waals surface area contributed by atoms with Gasteiger partial charge >= 0.3 is 0 Å². The first-order chi connectivity index (χ1) is 5.75. The molecule has 1 saturated heterocycles. The molecule has 2 heteroatoms. The summed E-state index contributed by atoms with van der Waals surface area (Å²) in [7, 11) is 0. The van der Waals surface area contributed by atoms with E-state index in [0.29, 0.717) is 6.61 Å². The molecule has 1 heterocycles. The standard InChI is InChI=1S/C10H21NO/c1-9-5-3-6-10(2)11(9)7-4-8-12/h9-10,12H,3-8H2,1-2H3/t9-,10+. The fourth-order valence-electron chi connectivity index (χ4n) is 2.17. The molecule has 12 heavy (non-hydrogen) atoms. The number of hydrogen-bond acceptors (Lipinski definition) is 2. The molecule has 1 fully saturated rings. The molecule has 0 aromatic rings. The molecule has 0 unspecified atom stereocenters. The van der Waals surface area contributed by atoms with Crippen molar-refractivity contribution in [2.45, 2.75) is 51.6 Å². The van der Waals surface area contributed by atoms with Gasteiger partial charge in [-0.05, 0) is 33.1 Å². The number of aliphatic hydroxyl groups excluding tert-OH is 1. The van der Waals surface area contributed by atoms with Gasteiger partial charge < -0.3 is 5.11 Å². The van der Waals surface area contributed by atoms with Crippen molar-refractivity contribution in [3.63, 3.8) is 0 Å². The Labute approximate surface area is 75.6 Å². The van der Waals surface area contributed by atoms with Crippen LogP contribution in [-0.2, 0) is 0 Å². The number of nitrogens with zero attached hydrogens (tertiary/aromatic N) is 1. The zero-order chi connectivity index (χ0) is 8.97. The Morgan fingerprint density at radius 2 is 1.83 bits per heavy atom. The van der Waals surface area contributed by atoms with Crippen LogP contribution in [0.4, 0.5) is 0 Å². The monoisotopic (exact) mass is 171 g/mol. The number of rotatable bonds is 3. The summed E-state index contributed by atoms with van der Waals surface area (Å²) in [5.74, 6) is 0. The van der Waals surface area contributed by atoms with Crippen LogP contribution in [-0.4, -0.2) is 35.2 Å². The second kappa shape index (κ2) is 4.83. The molecular formula is C10H21NO. The Kier molecular flexibility index (Phi) is 4.02. The molecule has 1 N–H and O–H groups in total. The van der Waals surface area contributed by atoms with Gasteiger partial charge in [0, 0.05) is 25.2 Å². The Morgan fingerprint density at radius 1 is 1.25 bits per heavy atom. The molecule has 0 bridgehead atoms. The molecule has 2 atom stereocenters. The fraction of sp³-hybridized carbons (Fsp3) is 1.00. The van der Waals surface area contributed by atoms with Crippen LogP contribution in [0.25, 0.3) is 0 Å². The first-order valence-electron chi connectivity index (χ1n) is 5.12. The lowest BCUT2D eigenvalue weighted by molar-refractivity contribution is 0.0944. The molecule has 0 saturated carbocycles. The summed E-state index contributed by atoms with van der Waals surface area (Å²) in [6.45, 7) is 5.99. The fourth-order valence-corrected chi connectivity index (χ4v) is 2.17. The smallest absolute Gasteiger partial charge is 0.0443 e. The van der Waals surface area contributed by atoms with E-state index in [1.54, 1.807) is 0 Å². The lowest BCUT2D eigenvalue weighted by atomic mass is 9.97. The Morgan fingerprint density at radius 3 is 2.33 bits per heavy atom. The number of aliphatic hydroxyl groups is 1. The molecule has 0 aliphatic carbocycles. The lowest BCUT2D eigenvalue weighted by Crippen LogP contribution is -2.44. The average molecular weight is 171 g/mol. The molecule has 72 valence electrons. The van der Waals surface area contributed by atoms with Crippen LogP contribution in [0, 0.1) is 0 Å². The molecule has 1 aliphatic rings. The third-order valence-electron chi connectivity index (χ3n) is 2.95. The molecule has 0 radical (unpaired) electrons. The summed E-state index contributed by atoms with van der Waals surface area (Å²) in [5, 5.41) is 8.74. The second-order valence-electron chi connectivity index (χ2n) is 3.94. The average Bonchev–Trinajstić information content (AvgIpc) is 2.04. The van der Waals surface area contributed by atoms with E-state index < -0.39 is 0 Å². The van der Waals surface area contributed by atoms with E-state index >= 15 is 0 Å². The third-order valence-corrected chi connectivity index (χ3v) is 2.95. The zero-order valence-corrected chi connectivity index (χ0v) is 8.29. The van der Waals surface area contributed by atoms with Crippen LogP contribution in [0.3, 0.4) is 0 Å². The maximum Gasteiger partial charge on any atom is 0.0443 e. The molecule has 1 aliphatic heterocycles. The highest BCUT2D eigenvalue weighted by molar-refractivity contribution is 4.78. The predicted octanol–water partition coefficient (Wildman–Crippen LogP) is 1.63. The van der Waals surface area contributed by atoms with Gasteiger partial charge in [-0.3, -0.25) is 4.90 Å². The predicted molar refractivity (Wildman–Crippen MR) is 51.2 cm³/mol. The first kappa shape index (κ1) is 10.0. The van der Waals surface area contributed by atoms with Crippen LogP contribution >= 0.6 is 0 Å². The van der Waals surface area contributed by atoms with E-state index in [-0.39, 0.29) is 0 Å². The van der Waals surface area contributed by atoms with E-state index in [4.69, 9.17) is 5.11 Å². The van der Waals surface area contributed by atoms with Gasteiger partial charge in [0.25, 0.3) is 0 Å². The lowest BCUT2D eigenvalue weighted by Gasteiger charge is -2.38. The Hall–Kier alpha value is -0.0800. The summed E-state index contributed by atoms with van der Waals surface area (Å²) in [4.78, 5) is 2.53. The number of likely N-dealkylation sites (tertiary alicyclic amines) is 1. The zero-order valence-electron chi connectivity index (χ0n) is 8.29. The van der Waals surface area contributed by atoms with Crippen LogP contribution in [0.2, 0.25) is 0 Å². The van der Waals surface area contributed by atoms with Gasteiger partial charge in [0.15, 0.2) is 0 Å². The third kappa shape index (κ3) is 2.46. The summed E-state index contributed by atoms with van der Waals surface area (Å²) < 4.78 is 0. The van der Waals surface area contributed by atoms with Gasteiger partial charge in [-0.15, -0.1) is 0 Å². The van der Waals surface area contributed by atoms with Crippen LogP contribution in [0.1, 0.15) is 39.5 Å². The van der Waals surface area contributed by atoms with Crippen molar-refractivity contribution in [3.8, 4) is 0 Å². The van der Waals surface area contributed by atoms with E-state index in [9.17, 15) is 0 Å². The van der Waals surface area contributed by atoms with Gasteiger partial charge in [0.2, 0.25) is 0 Å². The van der Waals surface area contributed by atoms with Crippen molar-refractivity contribution in [3.05, 3.63) is 0 Å². The van der Waals surface area contributed by atoms with E-state index in [2.05, 4.69) is 18.7 Å². The van der Waals surface area contributed by atoms with Crippen molar-refractivity contribution in [2.24, 2.45) is 0 Å². The van der Waals surface area contributed by atoms with Gasteiger partial charge in [-0.2, -0.15) is 0 Å². The second-order valence-corrected chi connectivity index (χ2v) is 3.94. The number of hydrogen-bond donors (Lipinski definition) is 1. The van der Waals surface area contributed by atoms with Crippen molar-refractivity contribution in [2.75, 3.05) is 13.2 Å². The minimum absolute atomic E-state index is 0.329. The maximum absolute atomic E-state index is 8.74. The normalized spacial score (nSPS) is 32.2. The number of piperidine rings is 1. The van der Waals surface area contributed by atoms with Gasteiger partial charge in [0.05, 0.1) is 0 Å². The maximum atomic E-state index is 8.74. The SMILES string of the molecule is C[C@@H]1CCC[C@H](C)N1CCCO. The summed E-state index contributed by atoms with van der Waals surface area (Å²) >= 11 is 0. The van der Waals surface area contributed by atoms with Crippen LogP contribution in [0.5, 0.6) is 0 Å². The van der Waals surface area contributed by atoms with Crippen LogP contribution < -0.4 is 0 Å². The Balaban J connectivity index is 2.34. The summed E-state index contributed by atoms with van der Waals surface area (Å²) in [6, 6.07) is 1.44. The summed E-state index contributed by atoms with van der Waals surface area (Å²) in [6.07, 6.45) is 4.96.